The Morgan fingerprint density at radius 3 is 2.50 bits per heavy atom. The van der Waals surface area contributed by atoms with Crippen molar-refractivity contribution in [3.8, 4) is 11.5 Å². The molecule has 0 heterocycles. The van der Waals surface area contributed by atoms with Gasteiger partial charge in [-0.25, -0.2) is 4.39 Å². The number of nitrogens with two attached hydrogens (primary N) is 1. The van der Waals surface area contributed by atoms with Crippen LogP contribution in [0.15, 0.2) is 12.1 Å². The lowest BCUT2D eigenvalue weighted by Crippen LogP contribution is -2.12. The molecule has 0 spiro atoms. The highest BCUT2D eigenvalue weighted by Gasteiger charge is 2.10. The third-order valence-electron chi connectivity index (χ3n) is 2.16. The molecular formula is C13H20FNO3. The van der Waals surface area contributed by atoms with Crippen molar-refractivity contribution in [1.82, 2.24) is 0 Å². The zero-order valence-electron chi connectivity index (χ0n) is 11.0. The summed E-state index contributed by atoms with van der Waals surface area (Å²) in [6.45, 7) is 6.88. The first-order valence-electron chi connectivity index (χ1n) is 6.00. The van der Waals surface area contributed by atoms with Crippen molar-refractivity contribution in [3.63, 3.8) is 0 Å². The molecule has 0 radical (unpaired) electrons. The van der Waals surface area contributed by atoms with Gasteiger partial charge in [0.15, 0.2) is 11.6 Å². The Labute approximate surface area is 107 Å². The average Bonchev–Trinajstić information content (AvgIpc) is 2.29. The third-order valence-corrected chi connectivity index (χ3v) is 2.16. The van der Waals surface area contributed by atoms with Crippen LogP contribution < -0.4 is 15.2 Å². The maximum Gasteiger partial charge on any atom is 0.167 e. The molecule has 0 aliphatic carbocycles. The molecule has 0 aromatic heterocycles. The van der Waals surface area contributed by atoms with E-state index < -0.39 is 5.82 Å². The van der Waals surface area contributed by atoms with Crippen molar-refractivity contribution in [2.75, 3.05) is 25.6 Å². The molecule has 1 rings (SSSR count). The molecule has 0 atom stereocenters. The summed E-state index contributed by atoms with van der Waals surface area (Å²) in [7, 11) is 0. The topological polar surface area (TPSA) is 53.7 Å². The standard InChI is InChI=1S/C13H20FNO3/c1-4-16-12-8-13(11(15)7-10(12)14)18-6-5-17-9(2)3/h7-9H,4-6,15H2,1-3H3. The molecule has 0 unspecified atom stereocenters. The highest BCUT2D eigenvalue weighted by Crippen LogP contribution is 2.30. The molecule has 0 bridgehead atoms. The van der Waals surface area contributed by atoms with E-state index in [1.54, 1.807) is 6.92 Å². The summed E-state index contributed by atoms with van der Waals surface area (Å²) in [5.41, 5.74) is 5.92. The molecule has 0 amide bonds. The first-order valence-corrected chi connectivity index (χ1v) is 6.00. The second-order valence-electron chi connectivity index (χ2n) is 4.02. The number of hydrogen-bond donors (Lipinski definition) is 1. The summed E-state index contributed by atoms with van der Waals surface area (Å²) >= 11 is 0. The Morgan fingerprint density at radius 2 is 1.89 bits per heavy atom. The Balaban J connectivity index is 2.61. The fourth-order valence-corrected chi connectivity index (χ4v) is 1.38. The van der Waals surface area contributed by atoms with E-state index in [2.05, 4.69) is 0 Å². The molecule has 0 saturated carbocycles. The quantitative estimate of drug-likeness (QED) is 0.602. The van der Waals surface area contributed by atoms with Crippen LogP contribution in [0, 0.1) is 5.82 Å². The van der Waals surface area contributed by atoms with E-state index in [4.69, 9.17) is 19.9 Å². The maximum absolute atomic E-state index is 13.4. The summed E-state index contributed by atoms with van der Waals surface area (Å²) in [4.78, 5) is 0. The highest BCUT2D eigenvalue weighted by atomic mass is 19.1. The van der Waals surface area contributed by atoms with Gasteiger partial charge >= 0.3 is 0 Å². The maximum atomic E-state index is 13.4. The van der Waals surface area contributed by atoms with Crippen LogP contribution in [-0.2, 0) is 4.74 Å². The average molecular weight is 257 g/mol. The van der Waals surface area contributed by atoms with Gasteiger partial charge in [-0.2, -0.15) is 0 Å². The van der Waals surface area contributed by atoms with Crippen LogP contribution in [0.3, 0.4) is 0 Å². The number of ether oxygens (including phenoxy) is 3. The first kappa shape index (κ1) is 14.6. The molecule has 1 aromatic carbocycles. The fourth-order valence-electron chi connectivity index (χ4n) is 1.38. The first-order chi connectivity index (χ1) is 8.54. The summed E-state index contributed by atoms with van der Waals surface area (Å²) < 4.78 is 29.3. The highest BCUT2D eigenvalue weighted by molar-refractivity contribution is 5.56. The summed E-state index contributed by atoms with van der Waals surface area (Å²) in [5, 5.41) is 0. The molecule has 4 nitrogen and oxygen atoms in total. The summed E-state index contributed by atoms with van der Waals surface area (Å²) in [6.07, 6.45) is 0.151. The van der Waals surface area contributed by atoms with E-state index in [1.165, 1.54) is 12.1 Å². The van der Waals surface area contributed by atoms with Gasteiger partial charge in [-0.05, 0) is 20.8 Å². The van der Waals surface area contributed by atoms with Crippen molar-refractivity contribution >= 4 is 5.69 Å². The monoisotopic (exact) mass is 257 g/mol. The van der Waals surface area contributed by atoms with Crippen LogP contribution in [-0.4, -0.2) is 25.9 Å². The summed E-state index contributed by atoms with van der Waals surface area (Å²) in [6, 6.07) is 2.66. The lowest BCUT2D eigenvalue weighted by atomic mass is 10.2. The number of anilines is 1. The summed E-state index contributed by atoms with van der Waals surface area (Å²) in [5.74, 6) is 0.0683. The van der Waals surface area contributed by atoms with Gasteiger partial charge in [0.2, 0.25) is 0 Å². The van der Waals surface area contributed by atoms with Crippen LogP contribution in [0.5, 0.6) is 11.5 Å². The molecule has 102 valence electrons. The van der Waals surface area contributed by atoms with Crippen molar-refractivity contribution < 1.29 is 18.6 Å². The molecular weight excluding hydrogens is 237 g/mol. The van der Waals surface area contributed by atoms with E-state index in [9.17, 15) is 4.39 Å². The minimum Gasteiger partial charge on any atom is -0.491 e. The lowest BCUT2D eigenvalue weighted by molar-refractivity contribution is 0.0553. The van der Waals surface area contributed by atoms with E-state index in [-0.39, 0.29) is 17.5 Å². The lowest BCUT2D eigenvalue weighted by Gasteiger charge is -2.13. The molecule has 0 aliphatic heterocycles. The smallest absolute Gasteiger partial charge is 0.167 e. The van der Waals surface area contributed by atoms with Crippen LogP contribution in [0.1, 0.15) is 20.8 Å². The molecule has 0 fully saturated rings. The largest absolute Gasteiger partial charge is 0.491 e. The molecule has 1 aromatic rings. The van der Waals surface area contributed by atoms with Crippen LogP contribution in [0.4, 0.5) is 10.1 Å². The van der Waals surface area contributed by atoms with Crippen molar-refractivity contribution in [2.45, 2.75) is 26.9 Å². The third kappa shape index (κ3) is 4.41. The van der Waals surface area contributed by atoms with Gasteiger partial charge in [-0.3, -0.25) is 0 Å². The second-order valence-corrected chi connectivity index (χ2v) is 4.02. The number of rotatable bonds is 7. The van der Waals surface area contributed by atoms with Gasteiger partial charge in [-0.1, -0.05) is 0 Å². The number of benzene rings is 1. The second kappa shape index (κ2) is 7.06. The Kier molecular flexibility index (Phi) is 5.71. The van der Waals surface area contributed by atoms with Gasteiger partial charge in [0, 0.05) is 12.1 Å². The van der Waals surface area contributed by atoms with Gasteiger partial charge < -0.3 is 19.9 Å². The van der Waals surface area contributed by atoms with E-state index in [0.29, 0.717) is 25.6 Å². The SMILES string of the molecule is CCOc1cc(OCCOC(C)C)c(N)cc1F. The molecule has 0 saturated heterocycles. The van der Waals surface area contributed by atoms with Crippen LogP contribution in [0.25, 0.3) is 0 Å². The van der Waals surface area contributed by atoms with Crippen molar-refractivity contribution in [2.24, 2.45) is 0 Å². The number of halogens is 1. The van der Waals surface area contributed by atoms with Gasteiger partial charge in [0.25, 0.3) is 0 Å². The van der Waals surface area contributed by atoms with E-state index in [1.807, 2.05) is 13.8 Å². The zero-order chi connectivity index (χ0) is 13.5. The van der Waals surface area contributed by atoms with E-state index >= 15 is 0 Å². The Bertz CT molecular complexity index is 383. The van der Waals surface area contributed by atoms with Gasteiger partial charge in [0.1, 0.15) is 12.4 Å². The van der Waals surface area contributed by atoms with Gasteiger partial charge in [0.05, 0.1) is 25.0 Å². The minimum absolute atomic E-state index is 0.145. The Morgan fingerprint density at radius 1 is 1.17 bits per heavy atom. The molecule has 18 heavy (non-hydrogen) atoms. The fraction of sp³-hybridized carbons (Fsp3) is 0.538. The molecule has 5 heteroatoms. The van der Waals surface area contributed by atoms with Crippen LogP contribution >= 0.6 is 0 Å². The number of hydrogen-bond acceptors (Lipinski definition) is 4. The number of nitrogen functional groups attached to an aromatic ring is 1. The van der Waals surface area contributed by atoms with E-state index in [0.717, 1.165) is 0 Å². The zero-order valence-corrected chi connectivity index (χ0v) is 11.0. The van der Waals surface area contributed by atoms with Crippen LogP contribution in [0.2, 0.25) is 0 Å². The molecule has 2 N–H and O–H groups in total. The van der Waals surface area contributed by atoms with Crippen molar-refractivity contribution in [3.05, 3.63) is 17.9 Å². The minimum atomic E-state index is -0.486. The Hall–Kier alpha value is -1.49. The normalized spacial score (nSPS) is 10.7. The van der Waals surface area contributed by atoms with Gasteiger partial charge in [-0.15, -0.1) is 0 Å². The predicted octanol–water partition coefficient (Wildman–Crippen LogP) is 2.61. The predicted molar refractivity (Wildman–Crippen MR) is 68.6 cm³/mol. The molecule has 0 aliphatic rings. The van der Waals surface area contributed by atoms with Crippen molar-refractivity contribution in [1.29, 1.82) is 0 Å².